The van der Waals surface area contributed by atoms with Gasteiger partial charge >= 0.3 is 0 Å². The minimum absolute atomic E-state index is 0.0261. The van der Waals surface area contributed by atoms with Crippen LogP contribution in [0.2, 0.25) is 5.02 Å². The van der Waals surface area contributed by atoms with E-state index in [4.69, 9.17) is 26.8 Å². The van der Waals surface area contributed by atoms with Gasteiger partial charge in [-0.15, -0.1) is 0 Å². The van der Waals surface area contributed by atoms with E-state index in [2.05, 4.69) is 4.98 Å². The van der Waals surface area contributed by atoms with Gasteiger partial charge in [0.15, 0.2) is 11.5 Å². The summed E-state index contributed by atoms with van der Waals surface area (Å²) >= 11 is 6.33. The van der Waals surface area contributed by atoms with E-state index >= 15 is 0 Å². The number of fused-ring (bicyclic) bond motifs is 1. The molecule has 1 aliphatic rings. The van der Waals surface area contributed by atoms with Crippen LogP contribution in [0.25, 0.3) is 11.4 Å². The SMILES string of the molecule is CC(C)[C@@H](C(N)=O)n1ccnc1-c1cc2c(cc1Cl)OCO2. The molecule has 0 unspecified atom stereocenters. The lowest BCUT2D eigenvalue weighted by Gasteiger charge is -2.21. The van der Waals surface area contributed by atoms with Gasteiger partial charge in [0.2, 0.25) is 12.7 Å². The van der Waals surface area contributed by atoms with E-state index in [1.54, 1.807) is 29.1 Å². The third kappa shape index (κ3) is 2.39. The van der Waals surface area contributed by atoms with Crippen LogP contribution in [0.3, 0.4) is 0 Å². The van der Waals surface area contributed by atoms with E-state index in [0.717, 1.165) is 0 Å². The van der Waals surface area contributed by atoms with Crippen LogP contribution in [0.4, 0.5) is 0 Å². The second kappa shape index (κ2) is 5.53. The predicted octanol–water partition coefficient (Wildman–Crippen LogP) is 2.61. The Morgan fingerprint density at radius 1 is 1.36 bits per heavy atom. The lowest BCUT2D eigenvalue weighted by molar-refractivity contribution is -0.122. The van der Waals surface area contributed by atoms with Gasteiger partial charge in [0.25, 0.3) is 0 Å². The Hall–Kier alpha value is -2.21. The molecule has 22 heavy (non-hydrogen) atoms. The van der Waals surface area contributed by atoms with Gasteiger partial charge in [-0.3, -0.25) is 4.79 Å². The lowest BCUT2D eigenvalue weighted by Crippen LogP contribution is -2.30. The number of nitrogens with two attached hydrogens (primary N) is 1. The quantitative estimate of drug-likeness (QED) is 0.938. The van der Waals surface area contributed by atoms with Crippen molar-refractivity contribution in [2.45, 2.75) is 19.9 Å². The highest BCUT2D eigenvalue weighted by atomic mass is 35.5. The molecule has 2 heterocycles. The second-order valence-electron chi connectivity index (χ2n) is 5.43. The Bertz CT molecular complexity index is 727. The summed E-state index contributed by atoms with van der Waals surface area (Å²) in [6.07, 6.45) is 3.35. The van der Waals surface area contributed by atoms with Crippen LogP contribution in [-0.2, 0) is 4.79 Å². The number of ether oxygens (including phenoxy) is 2. The molecule has 7 heteroatoms. The number of imidazole rings is 1. The molecular weight excluding hydrogens is 306 g/mol. The van der Waals surface area contributed by atoms with Crippen molar-refractivity contribution in [3.05, 3.63) is 29.5 Å². The van der Waals surface area contributed by atoms with Gasteiger partial charge < -0.3 is 19.8 Å². The lowest BCUT2D eigenvalue weighted by atomic mass is 10.0. The molecule has 116 valence electrons. The maximum atomic E-state index is 11.8. The average molecular weight is 322 g/mol. The monoisotopic (exact) mass is 321 g/mol. The Balaban J connectivity index is 2.11. The number of primary amides is 1. The van der Waals surface area contributed by atoms with E-state index < -0.39 is 11.9 Å². The molecule has 0 radical (unpaired) electrons. The molecule has 3 rings (SSSR count). The molecule has 2 N–H and O–H groups in total. The van der Waals surface area contributed by atoms with E-state index in [9.17, 15) is 4.79 Å². The third-order valence-corrected chi connectivity index (χ3v) is 3.91. The maximum absolute atomic E-state index is 11.8. The van der Waals surface area contributed by atoms with E-state index in [-0.39, 0.29) is 12.7 Å². The summed E-state index contributed by atoms with van der Waals surface area (Å²) in [6, 6.07) is 2.95. The molecule has 0 aliphatic carbocycles. The van der Waals surface area contributed by atoms with Gasteiger partial charge in [-0.05, 0) is 12.0 Å². The van der Waals surface area contributed by atoms with E-state index in [1.165, 1.54) is 0 Å². The molecule has 1 amide bonds. The van der Waals surface area contributed by atoms with Crippen molar-refractivity contribution in [3.8, 4) is 22.9 Å². The Morgan fingerprint density at radius 3 is 2.68 bits per heavy atom. The van der Waals surface area contributed by atoms with E-state index in [1.807, 2.05) is 13.8 Å². The Morgan fingerprint density at radius 2 is 2.05 bits per heavy atom. The predicted molar refractivity (Wildman–Crippen MR) is 81.9 cm³/mol. The van der Waals surface area contributed by atoms with Crippen LogP contribution in [0, 0.1) is 5.92 Å². The molecule has 1 aromatic heterocycles. The maximum Gasteiger partial charge on any atom is 0.240 e. The molecule has 0 fully saturated rings. The van der Waals surface area contributed by atoms with Crippen molar-refractivity contribution in [1.29, 1.82) is 0 Å². The van der Waals surface area contributed by atoms with Crippen molar-refractivity contribution in [2.75, 3.05) is 6.79 Å². The first kappa shape index (κ1) is 14.7. The van der Waals surface area contributed by atoms with Crippen molar-refractivity contribution in [2.24, 2.45) is 11.7 Å². The largest absolute Gasteiger partial charge is 0.454 e. The minimum atomic E-state index is -0.501. The second-order valence-corrected chi connectivity index (χ2v) is 5.84. The zero-order chi connectivity index (χ0) is 15.9. The molecule has 0 bridgehead atoms. The van der Waals surface area contributed by atoms with Crippen molar-refractivity contribution in [1.82, 2.24) is 9.55 Å². The average Bonchev–Trinajstić information content (AvgIpc) is 3.05. The van der Waals surface area contributed by atoms with Gasteiger partial charge in [-0.1, -0.05) is 25.4 Å². The molecule has 1 aliphatic heterocycles. The molecule has 0 saturated carbocycles. The molecule has 0 spiro atoms. The fourth-order valence-corrected chi connectivity index (χ4v) is 2.86. The first-order chi connectivity index (χ1) is 10.5. The smallest absolute Gasteiger partial charge is 0.240 e. The highest BCUT2D eigenvalue weighted by Crippen LogP contribution is 2.41. The van der Waals surface area contributed by atoms with Crippen molar-refractivity contribution in [3.63, 3.8) is 0 Å². The summed E-state index contributed by atoms with van der Waals surface area (Å²) in [5.41, 5.74) is 6.21. The van der Waals surface area contributed by atoms with Gasteiger partial charge in [-0.25, -0.2) is 4.98 Å². The number of halogens is 1. The summed E-state index contributed by atoms with van der Waals surface area (Å²) in [6.45, 7) is 4.03. The third-order valence-electron chi connectivity index (χ3n) is 3.59. The fourth-order valence-electron chi connectivity index (χ4n) is 2.62. The number of amides is 1. The van der Waals surface area contributed by atoms with Gasteiger partial charge in [0, 0.05) is 24.0 Å². The number of hydrogen-bond acceptors (Lipinski definition) is 4. The van der Waals surface area contributed by atoms with Crippen molar-refractivity contribution < 1.29 is 14.3 Å². The first-order valence-corrected chi connectivity index (χ1v) is 7.28. The Labute approximate surface area is 132 Å². The highest BCUT2D eigenvalue weighted by Gasteiger charge is 2.26. The molecule has 0 saturated heterocycles. The van der Waals surface area contributed by atoms with E-state index in [0.29, 0.717) is 27.9 Å². The van der Waals surface area contributed by atoms with Gasteiger partial charge in [0.1, 0.15) is 11.9 Å². The zero-order valence-corrected chi connectivity index (χ0v) is 13.0. The standard InChI is InChI=1S/C15H16ClN3O3/c1-8(2)13(14(17)20)19-4-3-18-15(19)9-5-11-12(6-10(9)16)22-7-21-11/h3-6,8,13H,7H2,1-2H3,(H2,17,20)/t13-/m0/s1. The summed E-state index contributed by atoms with van der Waals surface area (Å²) in [7, 11) is 0. The van der Waals surface area contributed by atoms with Crippen LogP contribution in [-0.4, -0.2) is 22.3 Å². The van der Waals surface area contributed by atoms with Gasteiger partial charge in [-0.2, -0.15) is 0 Å². The first-order valence-electron chi connectivity index (χ1n) is 6.90. The Kier molecular flexibility index (Phi) is 3.70. The zero-order valence-electron chi connectivity index (χ0n) is 12.2. The molecular formula is C15H16ClN3O3. The normalized spacial score (nSPS) is 14.4. The highest BCUT2D eigenvalue weighted by molar-refractivity contribution is 6.33. The minimum Gasteiger partial charge on any atom is -0.454 e. The molecule has 1 atom stereocenters. The molecule has 6 nitrogen and oxygen atoms in total. The van der Waals surface area contributed by atoms with Crippen LogP contribution < -0.4 is 15.2 Å². The number of carbonyl (C=O) groups excluding carboxylic acids is 1. The summed E-state index contributed by atoms with van der Waals surface area (Å²) in [4.78, 5) is 16.1. The topological polar surface area (TPSA) is 79.4 Å². The summed E-state index contributed by atoms with van der Waals surface area (Å²) < 4.78 is 12.4. The molecule has 1 aromatic carbocycles. The summed E-state index contributed by atoms with van der Waals surface area (Å²) in [5.74, 6) is 1.39. The van der Waals surface area contributed by atoms with Crippen LogP contribution in [0.5, 0.6) is 11.5 Å². The number of benzene rings is 1. The fraction of sp³-hybridized carbons (Fsp3) is 0.333. The number of hydrogen-bond donors (Lipinski definition) is 1. The number of carbonyl (C=O) groups is 1. The number of aromatic nitrogens is 2. The van der Waals surface area contributed by atoms with Crippen LogP contribution >= 0.6 is 11.6 Å². The van der Waals surface area contributed by atoms with Crippen LogP contribution in [0.15, 0.2) is 24.5 Å². The summed E-state index contributed by atoms with van der Waals surface area (Å²) in [5, 5.41) is 0.476. The molecule has 2 aromatic rings. The van der Waals surface area contributed by atoms with Crippen LogP contribution in [0.1, 0.15) is 19.9 Å². The van der Waals surface area contributed by atoms with Gasteiger partial charge in [0.05, 0.1) is 5.02 Å². The number of rotatable bonds is 4. The number of nitrogens with zero attached hydrogens (tertiary/aromatic N) is 2. The van der Waals surface area contributed by atoms with Crippen molar-refractivity contribution >= 4 is 17.5 Å².